The molecule has 0 radical (unpaired) electrons. The molecule has 0 aromatic carbocycles. The van der Waals surface area contributed by atoms with Gasteiger partial charge < -0.3 is 15.8 Å². The SMILES string of the molecule is CC1CCC(N)CC1C(=O)NCCOC1CCCC1. The summed E-state index contributed by atoms with van der Waals surface area (Å²) in [6.07, 6.45) is 8.32. The van der Waals surface area contributed by atoms with Crippen LogP contribution in [0.25, 0.3) is 0 Å². The molecule has 4 heteroatoms. The Kier molecular flexibility index (Phi) is 5.64. The van der Waals surface area contributed by atoms with E-state index >= 15 is 0 Å². The Balaban J connectivity index is 1.62. The summed E-state index contributed by atoms with van der Waals surface area (Å²) in [5, 5.41) is 3.01. The molecule has 3 N–H and O–H groups in total. The molecule has 3 unspecified atom stereocenters. The fourth-order valence-electron chi connectivity index (χ4n) is 3.31. The van der Waals surface area contributed by atoms with Crippen molar-refractivity contribution < 1.29 is 9.53 Å². The summed E-state index contributed by atoms with van der Waals surface area (Å²) in [7, 11) is 0. The number of hydrogen-bond donors (Lipinski definition) is 2. The first kappa shape index (κ1) is 14.8. The molecule has 2 rings (SSSR count). The van der Waals surface area contributed by atoms with E-state index in [9.17, 15) is 4.79 Å². The molecule has 2 aliphatic rings. The van der Waals surface area contributed by atoms with Gasteiger partial charge >= 0.3 is 0 Å². The van der Waals surface area contributed by atoms with E-state index in [4.69, 9.17) is 10.5 Å². The van der Waals surface area contributed by atoms with Crippen molar-refractivity contribution >= 4 is 5.91 Å². The molecule has 2 fully saturated rings. The second-order valence-electron chi connectivity index (χ2n) is 6.23. The molecule has 0 bridgehead atoms. The molecule has 0 aliphatic heterocycles. The highest BCUT2D eigenvalue weighted by Gasteiger charge is 2.30. The van der Waals surface area contributed by atoms with Crippen LogP contribution in [-0.4, -0.2) is 31.2 Å². The van der Waals surface area contributed by atoms with Crippen molar-refractivity contribution in [3.05, 3.63) is 0 Å². The van der Waals surface area contributed by atoms with Gasteiger partial charge in [-0.15, -0.1) is 0 Å². The summed E-state index contributed by atoms with van der Waals surface area (Å²) < 4.78 is 5.75. The van der Waals surface area contributed by atoms with E-state index < -0.39 is 0 Å². The standard InChI is InChI=1S/C15H28N2O2/c1-11-6-7-12(16)10-14(11)15(18)17-8-9-19-13-4-2-3-5-13/h11-14H,2-10,16H2,1H3,(H,17,18). The van der Waals surface area contributed by atoms with Crippen LogP contribution in [0.2, 0.25) is 0 Å². The summed E-state index contributed by atoms with van der Waals surface area (Å²) in [6.45, 7) is 3.43. The van der Waals surface area contributed by atoms with Crippen LogP contribution in [0.1, 0.15) is 51.9 Å². The molecule has 19 heavy (non-hydrogen) atoms. The molecule has 2 saturated carbocycles. The molecule has 110 valence electrons. The molecule has 2 aliphatic carbocycles. The van der Waals surface area contributed by atoms with Crippen molar-refractivity contribution in [2.24, 2.45) is 17.6 Å². The minimum atomic E-state index is 0.0928. The Hall–Kier alpha value is -0.610. The van der Waals surface area contributed by atoms with Crippen LogP contribution in [0.5, 0.6) is 0 Å². The number of nitrogens with one attached hydrogen (secondary N) is 1. The lowest BCUT2D eigenvalue weighted by atomic mass is 9.78. The highest BCUT2D eigenvalue weighted by Crippen LogP contribution is 2.29. The first-order valence-electron chi connectivity index (χ1n) is 7.81. The zero-order valence-corrected chi connectivity index (χ0v) is 12.1. The Bertz CT molecular complexity index is 290. The first-order chi connectivity index (χ1) is 9.16. The number of hydrogen-bond acceptors (Lipinski definition) is 3. The average Bonchev–Trinajstić information content (AvgIpc) is 2.90. The van der Waals surface area contributed by atoms with Gasteiger partial charge in [0.05, 0.1) is 12.7 Å². The maximum atomic E-state index is 12.1. The highest BCUT2D eigenvalue weighted by molar-refractivity contribution is 5.79. The Morgan fingerprint density at radius 2 is 2.00 bits per heavy atom. The lowest BCUT2D eigenvalue weighted by Gasteiger charge is -2.31. The average molecular weight is 268 g/mol. The van der Waals surface area contributed by atoms with Gasteiger partial charge in [-0.25, -0.2) is 0 Å². The van der Waals surface area contributed by atoms with Gasteiger partial charge in [0.2, 0.25) is 5.91 Å². The third kappa shape index (κ3) is 4.46. The molecule has 0 spiro atoms. The summed E-state index contributed by atoms with van der Waals surface area (Å²) in [5.74, 6) is 0.712. The van der Waals surface area contributed by atoms with Crippen molar-refractivity contribution in [1.82, 2.24) is 5.32 Å². The van der Waals surface area contributed by atoms with E-state index in [1.54, 1.807) is 0 Å². The van der Waals surface area contributed by atoms with Gasteiger partial charge in [-0.2, -0.15) is 0 Å². The van der Waals surface area contributed by atoms with Gasteiger partial charge in [-0.05, 0) is 38.0 Å². The number of nitrogens with two attached hydrogens (primary N) is 1. The number of amides is 1. The van der Waals surface area contributed by atoms with E-state index in [0.29, 0.717) is 25.2 Å². The lowest BCUT2D eigenvalue weighted by Crippen LogP contribution is -2.42. The lowest BCUT2D eigenvalue weighted by molar-refractivity contribution is -0.128. The second-order valence-corrected chi connectivity index (χ2v) is 6.23. The third-order valence-corrected chi connectivity index (χ3v) is 4.63. The van der Waals surface area contributed by atoms with Crippen molar-refractivity contribution in [3.63, 3.8) is 0 Å². The fourth-order valence-corrected chi connectivity index (χ4v) is 3.31. The fraction of sp³-hybridized carbons (Fsp3) is 0.933. The molecule has 0 saturated heterocycles. The number of ether oxygens (including phenoxy) is 1. The van der Waals surface area contributed by atoms with Crippen molar-refractivity contribution in [1.29, 1.82) is 0 Å². The van der Waals surface area contributed by atoms with E-state index in [2.05, 4.69) is 12.2 Å². The highest BCUT2D eigenvalue weighted by atomic mass is 16.5. The number of carbonyl (C=O) groups is 1. The summed E-state index contributed by atoms with van der Waals surface area (Å²) >= 11 is 0. The molecule has 3 atom stereocenters. The zero-order valence-electron chi connectivity index (χ0n) is 12.1. The molecular weight excluding hydrogens is 240 g/mol. The first-order valence-corrected chi connectivity index (χ1v) is 7.81. The number of carbonyl (C=O) groups excluding carboxylic acids is 1. The van der Waals surface area contributed by atoms with Crippen LogP contribution in [-0.2, 0) is 9.53 Å². The molecule has 0 aromatic rings. The third-order valence-electron chi connectivity index (χ3n) is 4.63. The van der Waals surface area contributed by atoms with Crippen LogP contribution in [0.4, 0.5) is 0 Å². The monoisotopic (exact) mass is 268 g/mol. The molecule has 0 heterocycles. The number of rotatable bonds is 5. The van der Waals surface area contributed by atoms with Crippen LogP contribution in [0.3, 0.4) is 0 Å². The maximum Gasteiger partial charge on any atom is 0.223 e. The van der Waals surface area contributed by atoms with E-state index in [1.165, 1.54) is 25.7 Å². The van der Waals surface area contributed by atoms with Crippen molar-refractivity contribution in [2.75, 3.05) is 13.2 Å². The van der Waals surface area contributed by atoms with Gasteiger partial charge in [0, 0.05) is 18.5 Å². The van der Waals surface area contributed by atoms with Gasteiger partial charge in [0.1, 0.15) is 0 Å². The van der Waals surface area contributed by atoms with E-state index in [-0.39, 0.29) is 17.9 Å². The van der Waals surface area contributed by atoms with Gasteiger partial charge in [0.15, 0.2) is 0 Å². The van der Waals surface area contributed by atoms with Crippen molar-refractivity contribution in [2.45, 2.75) is 64.0 Å². The Morgan fingerprint density at radius 1 is 1.26 bits per heavy atom. The Morgan fingerprint density at radius 3 is 2.74 bits per heavy atom. The predicted molar refractivity (Wildman–Crippen MR) is 75.7 cm³/mol. The van der Waals surface area contributed by atoms with Crippen LogP contribution in [0.15, 0.2) is 0 Å². The van der Waals surface area contributed by atoms with Gasteiger partial charge in [0.25, 0.3) is 0 Å². The maximum absolute atomic E-state index is 12.1. The predicted octanol–water partition coefficient (Wildman–Crippen LogP) is 1.83. The van der Waals surface area contributed by atoms with Crippen LogP contribution >= 0.6 is 0 Å². The summed E-state index contributed by atoms with van der Waals surface area (Å²) in [4.78, 5) is 12.1. The molecule has 1 amide bonds. The molecule has 0 aromatic heterocycles. The topological polar surface area (TPSA) is 64.4 Å². The molecular formula is C15H28N2O2. The van der Waals surface area contributed by atoms with Gasteiger partial charge in [-0.1, -0.05) is 19.8 Å². The minimum Gasteiger partial charge on any atom is -0.376 e. The van der Waals surface area contributed by atoms with E-state index in [0.717, 1.165) is 19.3 Å². The quantitative estimate of drug-likeness (QED) is 0.748. The smallest absolute Gasteiger partial charge is 0.223 e. The minimum absolute atomic E-state index is 0.0928. The summed E-state index contributed by atoms with van der Waals surface area (Å²) in [6, 6.07) is 0.196. The normalized spacial score (nSPS) is 32.4. The van der Waals surface area contributed by atoms with Gasteiger partial charge in [-0.3, -0.25) is 4.79 Å². The summed E-state index contributed by atoms with van der Waals surface area (Å²) in [5.41, 5.74) is 5.96. The largest absolute Gasteiger partial charge is 0.376 e. The van der Waals surface area contributed by atoms with E-state index in [1.807, 2.05) is 0 Å². The second kappa shape index (κ2) is 7.25. The van der Waals surface area contributed by atoms with Crippen LogP contribution < -0.4 is 11.1 Å². The Labute approximate surface area is 116 Å². The van der Waals surface area contributed by atoms with Crippen LogP contribution in [0, 0.1) is 11.8 Å². The van der Waals surface area contributed by atoms with Crippen molar-refractivity contribution in [3.8, 4) is 0 Å². The molecule has 4 nitrogen and oxygen atoms in total. The zero-order chi connectivity index (χ0) is 13.7.